The lowest BCUT2D eigenvalue weighted by molar-refractivity contribution is 0.208. The van der Waals surface area contributed by atoms with Crippen LogP contribution < -0.4 is 0 Å². The summed E-state index contributed by atoms with van der Waals surface area (Å²) in [4.78, 5) is 0. The van der Waals surface area contributed by atoms with E-state index in [-0.39, 0.29) is 0 Å². The van der Waals surface area contributed by atoms with Crippen LogP contribution in [0.25, 0.3) is 0 Å². The standard InChI is InChI=1S/C24H50/c1-7-9-11-13-15-17-19-23(3,4)21-22-24(5,6)20-18-16-14-12-10-8-2/h7-22H2,1-6H3. The van der Waals surface area contributed by atoms with Crippen molar-refractivity contribution in [2.24, 2.45) is 10.8 Å². The van der Waals surface area contributed by atoms with Crippen molar-refractivity contribution >= 4 is 0 Å². The molecule has 0 heteroatoms. The van der Waals surface area contributed by atoms with Gasteiger partial charge in [-0.2, -0.15) is 0 Å². The van der Waals surface area contributed by atoms with Crippen LogP contribution >= 0.6 is 0 Å². The highest BCUT2D eigenvalue weighted by atomic mass is 14.3. The van der Waals surface area contributed by atoms with E-state index in [1.807, 2.05) is 0 Å². The molecule has 0 spiro atoms. The molecule has 0 aromatic rings. The van der Waals surface area contributed by atoms with Gasteiger partial charge in [-0.1, -0.05) is 119 Å². The maximum absolute atomic E-state index is 2.50. The molecule has 0 amide bonds. The van der Waals surface area contributed by atoms with Crippen LogP contribution in [0.4, 0.5) is 0 Å². The SMILES string of the molecule is CCCCCCCCC(C)(C)CCC(C)(C)CCCCCCCC. The van der Waals surface area contributed by atoms with Gasteiger partial charge in [0.25, 0.3) is 0 Å². The van der Waals surface area contributed by atoms with Crippen LogP contribution in [0, 0.1) is 10.8 Å². The average Bonchev–Trinajstić information content (AvgIpc) is 2.52. The molecule has 0 saturated heterocycles. The Bertz CT molecular complexity index is 233. The Balaban J connectivity index is 3.76. The van der Waals surface area contributed by atoms with E-state index in [4.69, 9.17) is 0 Å². The first-order valence-electron chi connectivity index (χ1n) is 11.3. The molecule has 0 bridgehead atoms. The Kier molecular flexibility index (Phi) is 14.2. The van der Waals surface area contributed by atoms with Crippen molar-refractivity contribution < 1.29 is 0 Å². The molecule has 0 rings (SSSR count). The van der Waals surface area contributed by atoms with E-state index < -0.39 is 0 Å². The smallest absolute Gasteiger partial charge is 0.0354 e. The van der Waals surface area contributed by atoms with Crippen LogP contribution in [-0.2, 0) is 0 Å². The average molecular weight is 339 g/mol. The molecule has 0 saturated carbocycles. The summed E-state index contributed by atoms with van der Waals surface area (Å²) in [7, 11) is 0. The lowest BCUT2D eigenvalue weighted by Gasteiger charge is -2.31. The summed E-state index contributed by atoms with van der Waals surface area (Å²) in [5.41, 5.74) is 1.09. The Labute approximate surface area is 155 Å². The topological polar surface area (TPSA) is 0 Å². The van der Waals surface area contributed by atoms with Crippen molar-refractivity contribution in [3.8, 4) is 0 Å². The lowest BCUT2D eigenvalue weighted by Crippen LogP contribution is -2.18. The molecule has 0 aliphatic rings. The Morgan fingerprint density at radius 2 is 0.667 bits per heavy atom. The quantitative estimate of drug-likeness (QED) is 0.232. The van der Waals surface area contributed by atoms with Gasteiger partial charge in [0.2, 0.25) is 0 Å². The molecule has 0 radical (unpaired) electrons. The zero-order valence-corrected chi connectivity index (χ0v) is 18.3. The molecule has 0 N–H and O–H groups in total. The Hall–Kier alpha value is 0. The second-order valence-electron chi connectivity index (χ2n) is 9.86. The molecule has 0 aromatic heterocycles. The third kappa shape index (κ3) is 15.5. The predicted molar refractivity (Wildman–Crippen MR) is 113 cm³/mol. The van der Waals surface area contributed by atoms with E-state index in [2.05, 4.69) is 41.5 Å². The van der Waals surface area contributed by atoms with E-state index in [1.54, 1.807) is 0 Å². The van der Waals surface area contributed by atoms with Crippen molar-refractivity contribution in [2.75, 3.05) is 0 Å². The summed E-state index contributed by atoms with van der Waals surface area (Å²) >= 11 is 0. The van der Waals surface area contributed by atoms with E-state index in [9.17, 15) is 0 Å². The maximum Gasteiger partial charge on any atom is -0.0354 e. The molecule has 0 aromatic carbocycles. The number of hydrogen-bond acceptors (Lipinski definition) is 0. The summed E-state index contributed by atoms with van der Waals surface area (Å²) < 4.78 is 0. The molecule has 146 valence electrons. The minimum atomic E-state index is 0.545. The van der Waals surface area contributed by atoms with E-state index in [0.29, 0.717) is 10.8 Å². The van der Waals surface area contributed by atoms with E-state index in [0.717, 1.165) is 0 Å². The van der Waals surface area contributed by atoms with Gasteiger partial charge in [0.1, 0.15) is 0 Å². The first-order chi connectivity index (χ1) is 11.3. The highest BCUT2D eigenvalue weighted by molar-refractivity contribution is 4.76. The van der Waals surface area contributed by atoms with E-state index >= 15 is 0 Å². The summed E-state index contributed by atoms with van der Waals surface area (Å²) in [6.45, 7) is 14.6. The first kappa shape index (κ1) is 24.0. The van der Waals surface area contributed by atoms with Gasteiger partial charge in [0, 0.05) is 0 Å². The fourth-order valence-corrected chi connectivity index (χ4v) is 3.69. The zero-order chi connectivity index (χ0) is 18.3. The van der Waals surface area contributed by atoms with Crippen LogP contribution in [-0.4, -0.2) is 0 Å². The van der Waals surface area contributed by atoms with Crippen molar-refractivity contribution in [1.29, 1.82) is 0 Å². The molecule has 24 heavy (non-hydrogen) atoms. The van der Waals surface area contributed by atoms with Gasteiger partial charge < -0.3 is 0 Å². The van der Waals surface area contributed by atoms with Gasteiger partial charge in [0.05, 0.1) is 0 Å². The summed E-state index contributed by atoms with van der Waals surface area (Å²) in [6, 6.07) is 0. The summed E-state index contributed by atoms with van der Waals surface area (Å²) in [6.07, 6.45) is 22.8. The molecule has 0 atom stereocenters. The predicted octanol–water partition coefficient (Wildman–Crippen LogP) is 9.32. The van der Waals surface area contributed by atoms with Gasteiger partial charge in [0.15, 0.2) is 0 Å². The molecule has 0 nitrogen and oxygen atoms in total. The van der Waals surface area contributed by atoms with Crippen molar-refractivity contribution in [1.82, 2.24) is 0 Å². The van der Waals surface area contributed by atoms with Gasteiger partial charge in [-0.3, -0.25) is 0 Å². The minimum absolute atomic E-state index is 0.545. The molecular weight excluding hydrogens is 288 g/mol. The van der Waals surface area contributed by atoms with Crippen LogP contribution in [0.5, 0.6) is 0 Å². The van der Waals surface area contributed by atoms with Crippen LogP contribution in [0.3, 0.4) is 0 Å². The minimum Gasteiger partial charge on any atom is -0.0654 e. The fraction of sp³-hybridized carbons (Fsp3) is 1.00. The number of rotatable bonds is 17. The normalized spacial score (nSPS) is 12.8. The highest BCUT2D eigenvalue weighted by Gasteiger charge is 2.23. The van der Waals surface area contributed by atoms with Crippen LogP contribution in [0.1, 0.15) is 144 Å². The van der Waals surface area contributed by atoms with Crippen LogP contribution in [0.2, 0.25) is 0 Å². The summed E-state index contributed by atoms with van der Waals surface area (Å²) in [5.74, 6) is 0. The van der Waals surface area contributed by atoms with Crippen molar-refractivity contribution in [3.05, 3.63) is 0 Å². The lowest BCUT2D eigenvalue weighted by atomic mass is 9.74. The van der Waals surface area contributed by atoms with Gasteiger partial charge in [-0.25, -0.2) is 0 Å². The Morgan fingerprint density at radius 1 is 0.375 bits per heavy atom. The molecule has 0 fully saturated rings. The monoisotopic (exact) mass is 338 g/mol. The zero-order valence-electron chi connectivity index (χ0n) is 18.3. The molecule has 0 aliphatic carbocycles. The van der Waals surface area contributed by atoms with E-state index in [1.165, 1.54) is 103 Å². The van der Waals surface area contributed by atoms with Crippen molar-refractivity contribution in [2.45, 2.75) is 144 Å². The number of hydrogen-bond donors (Lipinski definition) is 0. The second kappa shape index (κ2) is 14.2. The molecule has 0 aliphatic heterocycles. The van der Waals surface area contributed by atoms with Gasteiger partial charge in [-0.05, 0) is 36.5 Å². The van der Waals surface area contributed by atoms with Crippen LogP contribution in [0.15, 0.2) is 0 Å². The first-order valence-corrected chi connectivity index (χ1v) is 11.3. The van der Waals surface area contributed by atoms with Crippen molar-refractivity contribution in [3.63, 3.8) is 0 Å². The molecule has 0 heterocycles. The third-order valence-electron chi connectivity index (χ3n) is 5.89. The highest BCUT2D eigenvalue weighted by Crippen LogP contribution is 2.37. The second-order valence-corrected chi connectivity index (χ2v) is 9.86. The Morgan fingerprint density at radius 3 is 1.00 bits per heavy atom. The third-order valence-corrected chi connectivity index (χ3v) is 5.89. The van der Waals surface area contributed by atoms with Gasteiger partial charge >= 0.3 is 0 Å². The number of unbranched alkanes of at least 4 members (excludes halogenated alkanes) is 10. The molecular formula is C24H50. The fourth-order valence-electron chi connectivity index (χ4n) is 3.69. The maximum atomic E-state index is 2.50. The van der Waals surface area contributed by atoms with Gasteiger partial charge in [-0.15, -0.1) is 0 Å². The molecule has 0 unspecified atom stereocenters. The largest absolute Gasteiger partial charge is 0.0654 e. The summed E-state index contributed by atoms with van der Waals surface area (Å²) in [5, 5.41) is 0.